The van der Waals surface area contributed by atoms with Gasteiger partial charge in [-0.05, 0) is 6.92 Å². The molecule has 0 N–H and O–H groups in total. The van der Waals surface area contributed by atoms with Crippen LogP contribution in [-0.2, 0) is 0 Å². The van der Waals surface area contributed by atoms with Gasteiger partial charge in [-0.2, -0.15) is 0 Å². The fourth-order valence-electron chi connectivity index (χ4n) is 0. The summed E-state index contributed by atoms with van der Waals surface area (Å²) in [4.78, 5) is 0. The Morgan fingerprint density at radius 1 is 1.12 bits per heavy atom. The highest BCUT2D eigenvalue weighted by Crippen LogP contribution is 2.03. The lowest BCUT2D eigenvalue weighted by atomic mass is 11.0. The Morgan fingerprint density at radius 3 is 1.25 bits per heavy atom. The van der Waals surface area contributed by atoms with Gasteiger partial charge in [-0.3, -0.25) is 0 Å². The van der Waals surface area contributed by atoms with E-state index in [-0.39, 0.29) is 0 Å². The van der Waals surface area contributed by atoms with E-state index < -0.39 is 0 Å². The smallest absolute Gasteiger partial charge is 0.0669 e. The van der Waals surface area contributed by atoms with Crippen molar-refractivity contribution in [2.24, 2.45) is 0 Å². The second-order valence-electron chi connectivity index (χ2n) is 0.897. The average molecular weight is 376 g/mol. The Hall–Kier alpha value is 1.92. The minimum Gasteiger partial charge on any atom is -0.0919 e. The molecular formula is C4H8Br4. The molecule has 0 aromatic carbocycles. The Labute approximate surface area is 84.3 Å². The SMILES string of the molecule is BrCCBr.CC(Br)Br. The molecule has 0 amide bonds. The Morgan fingerprint density at radius 2 is 1.25 bits per heavy atom. The zero-order valence-corrected chi connectivity index (χ0v) is 10.8. The molecule has 0 fully saturated rings. The summed E-state index contributed by atoms with van der Waals surface area (Å²) in [5.74, 6) is 0. The molecule has 0 spiro atoms. The highest BCUT2D eigenvalue weighted by molar-refractivity contribution is 9.24. The standard InChI is InChI=1S/2C2H4Br2/c1-2(3)4;3-1-2-4/h2H,1H3;1-2H2. The highest BCUT2D eigenvalue weighted by atomic mass is 79.9. The van der Waals surface area contributed by atoms with Crippen molar-refractivity contribution < 1.29 is 0 Å². The summed E-state index contributed by atoms with van der Waals surface area (Å²) in [5, 5.41) is 2.10. The second-order valence-corrected chi connectivity index (χ2v) is 6.46. The third-order valence-corrected chi connectivity index (χ3v) is 1.93. The number of halogens is 4. The van der Waals surface area contributed by atoms with Crippen molar-refractivity contribution in [1.82, 2.24) is 0 Å². The Kier molecular flexibility index (Phi) is 18.4. The van der Waals surface area contributed by atoms with Gasteiger partial charge in [0.1, 0.15) is 0 Å². The molecule has 4 heteroatoms. The van der Waals surface area contributed by atoms with Crippen molar-refractivity contribution in [3.8, 4) is 0 Å². The molecular weight excluding hydrogens is 368 g/mol. The van der Waals surface area contributed by atoms with Gasteiger partial charge >= 0.3 is 0 Å². The molecule has 0 unspecified atom stereocenters. The quantitative estimate of drug-likeness (QED) is 0.610. The highest BCUT2D eigenvalue weighted by Gasteiger charge is 1.74. The van der Waals surface area contributed by atoms with Crippen molar-refractivity contribution >= 4 is 63.7 Å². The van der Waals surface area contributed by atoms with Gasteiger partial charge in [0, 0.05) is 10.7 Å². The van der Waals surface area contributed by atoms with E-state index in [1.54, 1.807) is 0 Å². The summed E-state index contributed by atoms with van der Waals surface area (Å²) in [6.07, 6.45) is 0. The van der Waals surface area contributed by atoms with E-state index in [4.69, 9.17) is 0 Å². The Bertz CT molecular complexity index is 24.5. The molecule has 0 aromatic heterocycles. The second kappa shape index (κ2) is 11.7. The molecule has 8 heavy (non-hydrogen) atoms. The molecule has 0 aromatic rings. The normalized spacial score (nSPS) is 8.25. The molecule has 0 radical (unpaired) electrons. The van der Waals surface area contributed by atoms with Crippen molar-refractivity contribution in [2.45, 2.75) is 10.7 Å². The maximum atomic E-state index is 3.20. The van der Waals surface area contributed by atoms with E-state index in [1.165, 1.54) is 0 Å². The van der Waals surface area contributed by atoms with E-state index in [0.717, 1.165) is 10.7 Å². The summed E-state index contributed by atoms with van der Waals surface area (Å²) >= 11 is 12.8. The van der Waals surface area contributed by atoms with Gasteiger partial charge in [0.15, 0.2) is 0 Å². The number of hydrogen-bond donors (Lipinski definition) is 0. The molecule has 0 aliphatic rings. The van der Waals surface area contributed by atoms with Crippen LogP contribution >= 0.6 is 63.7 Å². The van der Waals surface area contributed by atoms with Crippen LogP contribution in [0.4, 0.5) is 0 Å². The monoisotopic (exact) mass is 372 g/mol. The molecule has 0 atom stereocenters. The third-order valence-electron chi connectivity index (χ3n) is 0.0714. The first kappa shape index (κ1) is 12.6. The summed E-state index contributed by atoms with van der Waals surface area (Å²) in [6.45, 7) is 2.00. The molecule has 0 rings (SSSR count). The Balaban J connectivity index is 0. The van der Waals surface area contributed by atoms with E-state index in [9.17, 15) is 0 Å². The third kappa shape index (κ3) is 44.5. The van der Waals surface area contributed by atoms with E-state index in [1.807, 2.05) is 6.92 Å². The van der Waals surface area contributed by atoms with E-state index in [2.05, 4.69) is 63.7 Å². The van der Waals surface area contributed by atoms with Crippen LogP contribution in [0.5, 0.6) is 0 Å². The first-order chi connectivity index (χ1) is 3.65. The lowest BCUT2D eigenvalue weighted by molar-refractivity contribution is 1.48. The molecule has 0 heterocycles. The van der Waals surface area contributed by atoms with Crippen molar-refractivity contribution in [3.05, 3.63) is 0 Å². The van der Waals surface area contributed by atoms with Gasteiger partial charge in [-0.25, -0.2) is 0 Å². The first-order valence-electron chi connectivity index (χ1n) is 2.05. The fourth-order valence-corrected chi connectivity index (χ4v) is 0. The molecule has 0 bridgehead atoms. The van der Waals surface area contributed by atoms with Crippen LogP contribution in [0.1, 0.15) is 6.92 Å². The molecule has 0 saturated carbocycles. The minimum absolute atomic E-state index is 0.458. The summed E-state index contributed by atoms with van der Waals surface area (Å²) < 4.78 is 0.458. The molecule has 0 saturated heterocycles. The van der Waals surface area contributed by atoms with Crippen LogP contribution in [0, 0.1) is 0 Å². The minimum atomic E-state index is 0.458. The fraction of sp³-hybridized carbons (Fsp3) is 1.00. The van der Waals surface area contributed by atoms with Gasteiger partial charge in [0.05, 0.1) is 3.74 Å². The summed E-state index contributed by atoms with van der Waals surface area (Å²) in [6, 6.07) is 0. The number of rotatable bonds is 1. The predicted octanol–water partition coefficient (Wildman–Crippen LogP) is 3.90. The number of hydrogen-bond acceptors (Lipinski definition) is 0. The van der Waals surface area contributed by atoms with Crippen LogP contribution in [0.15, 0.2) is 0 Å². The maximum absolute atomic E-state index is 3.20. The van der Waals surface area contributed by atoms with Crippen LogP contribution in [-0.4, -0.2) is 14.4 Å². The van der Waals surface area contributed by atoms with E-state index in [0.29, 0.717) is 3.74 Å². The summed E-state index contributed by atoms with van der Waals surface area (Å²) in [7, 11) is 0. The topological polar surface area (TPSA) is 0 Å². The van der Waals surface area contributed by atoms with Crippen molar-refractivity contribution in [2.75, 3.05) is 10.7 Å². The van der Waals surface area contributed by atoms with Crippen molar-refractivity contribution in [3.63, 3.8) is 0 Å². The van der Waals surface area contributed by atoms with Crippen LogP contribution < -0.4 is 0 Å². The van der Waals surface area contributed by atoms with Gasteiger partial charge in [-0.1, -0.05) is 63.7 Å². The predicted molar refractivity (Wildman–Crippen MR) is 54.9 cm³/mol. The zero-order valence-electron chi connectivity index (χ0n) is 4.50. The number of alkyl halides is 4. The lowest BCUT2D eigenvalue weighted by Crippen LogP contribution is -1.61. The van der Waals surface area contributed by atoms with Crippen LogP contribution in [0.3, 0.4) is 0 Å². The average Bonchev–Trinajstić information content (AvgIpc) is 1.65. The first-order valence-corrected chi connectivity index (χ1v) is 6.12. The molecule has 0 aliphatic carbocycles. The van der Waals surface area contributed by atoms with Gasteiger partial charge in [0.25, 0.3) is 0 Å². The van der Waals surface area contributed by atoms with Gasteiger partial charge in [0.2, 0.25) is 0 Å². The van der Waals surface area contributed by atoms with Crippen LogP contribution in [0.2, 0.25) is 0 Å². The largest absolute Gasteiger partial charge is 0.0919 e. The van der Waals surface area contributed by atoms with Gasteiger partial charge in [-0.15, -0.1) is 0 Å². The molecule has 52 valence electrons. The van der Waals surface area contributed by atoms with E-state index >= 15 is 0 Å². The van der Waals surface area contributed by atoms with Crippen LogP contribution in [0.25, 0.3) is 0 Å². The maximum Gasteiger partial charge on any atom is 0.0669 e. The summed E-state index contributed by atoms with van der Waals surface area (Å²) in [5.41, 5.74) is 0. The molecule has 0 aliphatic heterocycles. The van der Waals surface area contributed by atoms with Gasteiger partial charge < -0.3 is 0 Å². The zero-order chi connectivity index (χ0) is 6.99. The van der Waals surface area contributed by atoms with Crippen molar-refractivity contribution in [1.29, 1.82) is 0 Å². The molecule has 0 nitrogen and oxygen atoms in total. The lowest BCUT2D eigenvalue weighted by Gasteiger charge is -1.73.